The number of aromatic hydroxyl groups is 23. The van der Waals surface area contributed by atoms with E-state index in [4.69, 9.17) is 52.1 Å². The monoisotopic (exact) mass is 1570 g/mol. The summed E-state index contributed by atoms with van der Waals surface area (Å²) >= 11 is 0. The van der Waals surface area contributed by atoms with E-state index in [-0.39, 0.29) is 18.2 Å². The standard InChI is InChI=1S/C68H50O44/c69-22-1-14(2-23(70)39(22)80)59(92)109-55-53-33(104-67(100)57(55)111-61(94)16-5-26(73)41(82)27(74)6-16)13-103-63(96)18-10-32(79)52(49(90)38(18)37-20(65(98)107-53)9-30(77)44(85)48(37)89)106-51-21(11-31(78)45(86)50(51)91)66(99)112-58-56(110-60(93)15-3-24(71)40(81)25(72)4-15)54-34(105-68(58)101)12-102-62(95)17-7-28(75)42(83)46(87)35(17)36-19(64(97)108-54)8-29(76)43(84)47(36)88/h1-11,33-34,53-58,67-91,100-101H,12-13H2/t33-,34-,53-,54-,55+,56+,57-,58-,67-,68-/m1/s1. The topological polar surface area (TPSA) is 744 Å². The van der Waals surface area contributed by atoms with Gasteiger partial charge in [0.1, 0.15) is 31.0 Å². The van der Waals surface area contributed by atoms with Crippen LogP contribution in [-0.2, 0) is 47.4 Å². The quantitative estimate of drug-likeness (QED) is 0.0527. The number of phenolic OH excluding ortho intramolecular Hbond substituents is 23. The summed E-state index contributed by atoms with van der Waals surface area (Å²) in [7, 11) is 0. The van der Waals surface area contributed by atoms with E-state index in [9.17, 15) is 161 Å². The van der Waals surface area contributed by atoms with Gasteiger partial charge in [-0.3, -0.25) is 0 Å². The molecule has 0 radical (unpaired) electrons. The molecule has 0 aromatic heterocycles. The predicted octanol–water partition coefficient (Wildman–Crippen LogP) is 1.77. The third-order valence-electron chi connectivity index (χ3n) is 17.4. The summed E-state index contributed by atoms with van der Waals surface area (Å²) in [6, 6.07) is 4.16. The lowest BCUT2D eigenvalue weighted by Crippen LogP contribution is -2.62. The van der Waals surface area contributed by atoms with E-state index in [0.717, 1.165) is 0 Å². The van der Waals surface area contributed by atoms with E-state index in [1.165, 1.54) is 0 Å². The summed E-state index contributed by atoms with van der Waals surface area (Å²) < 4.78 is 60.9. The van der Waals surface area contributed by atoms with Gasteiger partial charge in [-0.25, -0.2) is 38.4 Å². The van der Waals surface area contributed by atoms with Gasteiger partial charge in [0.05, 0.1) is 38.9 Å². The number of cyclic esters (lactones) is 2. The van der Waals surface area contributed by atoms with Crippen LogP contribution in [0.5, 0.6) is 144 Å². The van der Waals surface area contributed by atoms with Crippen LogP contribution < -0.4 is 4.74 Å². The van der Waals surface area contributed by atoms with Gasteiger partial charge in [-0.05, 0) is 60.7 Å². The number of aliphatic hydroxyl groups is 2. The first-order valence-electron chi connectivity index (χ1n) is 31.1. The van der Waals surface area contributed by atoms with Crippen LogP contribution in [-0.4, -0.2) is 250 Å². The zero-order valence-corrected chi connectivity index (χ0v) is 55.0. The van der Waals surface area contributed by atoms with E-state index in [2.05, 4.69) is 0 Å². The van der Waals surface area contributed by atoms with Crippen LogP contribution in [0, 0.1) is 0 Å². The van der Waals surface area contributed by atoms with Crippen LogP contribution >= 0.6 is 0 Å². The highest BCUT2D eigenvalue weighted by Crippen LogP contribution is 2.58. The average Bonchev–Trinajstić information content (AvgIpc) is 1.12. The molecule has 44 nitrogen and oxygen atoms in total. The van der Waals surface area contributed by atoms with Crippen LogP contribution in [0.3, 0.4) is 0 Å². The molecule has 0 bridgehead atoms. The molecule has 0 spiro atoms. The van der Waals surface area contributed by atoms with Gasteiger partial charge >= 0.3 is 47.8 Å². The molecule has 586 valence electrons. The Morgan fingerprint density at radius 3 is 0.920 bits per heavy atom. The number of rotatable bonds is 10. The van der Waals surface area contributed by atoms with Crippen LogP contribution in [0.2, 0.25) is 0 Å². The smallest absolute Gasteiger partial charge is 0.342 e. The molecule has 4 heterocycles. The summed E-state index contributed by atoms with van der Waals surface area (Å²) in [5.41, 5.74) is -14.4. The molecule has 25 N–H and O–H groups in total. The zero-order chi connectivity index (χ0) is 81.7. The van der Waals surface area contributed by atoms with E-state index in [1.807, 2.05) is 0 Å². The van der Waals surface area contributed by atoms with Crippen molar-refractivity contribution in [1.82, 2.24) is 0 Å². The molecular formula is C68H50O44. The maximum atomic E-state index is 15.0. The minimum absolute atomic E-state index is 0.138. The van der Waals surface area contributed by atoms with Gasteiger partial charge < -0.3 is 180 Å². The number of hydrogen-bond donors (Lipinski definition) is 25. The van der Waals surface area contributed by atoms with Crippen molar-refractivity contribution in [3.63, 3.8) is 0 Å². The minimum Gasteiger partial charge on any atom is -0.504 e. The van der Waals surface area contributed by atoms with Gasteiger partial charge in [-0.1, -0.05) is 0 Å². The average molecular weight is 1570 g/mol. The molecule has 0 unspecified atom stereocenters. The number of carbonyl (C=O) groups excluding carboxylic acids is 8. The fourth-order valence-electron chi connectivity index (χ4n) is 11.9. The van der Waals surface area contributed by atoms with Crippen molar-refractivity contribution in [2.24, 2.45) is 0 Å². The van der Waals surface area contributed by atoms with E-state index in [0.29, 0.717) is 48.5 Å². The summed E-state index contributed by atoms with van der Waals surface area (Å²) in [6.45, 7) is -2.79. The van der Waals surface area contributed by atoms with Crippen LogP contribution in [0.25, 0.3) is 22.3 Å². The van der Waals surface area contributed by atoms with Crippen LogP contribution in [0.4, 0.5) is 0 Å². The predicted molar refractivity (Wildman–Crippen MR) is 345 cm³/mol. The molecule has 44 heteroatoms. The van der Waals surface area contributed by atoms with Crippen LogP contribution in [0.15, 0.2) is 66.7 Å². The van der Waals surface area contributed by atoms with Crippen molar-refractivity contribution < 1.29 is 218 Å². The summed E-state index contributed by atoms with van der Waals surface area (Å²) in [5, 5.41) is 272. The largest absolute Gasteiger partial charge is 0.504 e. The summed E-state index contributed by atoms with van der Waals surface area (Å²) in [5.74, 6) is -51.1. The normalized spacial score (nSPS) is 20.7. The molecule has 4 aliphatic rings. The van der Waals surface area contributed by atoms with Crippen molar-refractivity contribution >= 4 is 47.8 Å². The van der Waals surface area contributed by atoms with E-state index >= 15 is 4.79 Å². The number of benzene rings is 8. The van der Waals surface area contributed by atoms with Crippen molar-refractivity contribution in [1.29, 1.82) is 0 Å². The molecule has 2 fully saturated rings. The first kappa shape index (κ1) is 76.2. The molecule has 8 aromatic rings. The Morgan fingerprint density at radius 1 is 0.295 bits per heavy atom. The van der Waals surface area contributed by atoms with Crippen LogP contribution in [0.1, 0.15) is 82.9 Å². The highest BCUT2D eigenvalue weighted by atomic mass is 16.7. The number of phenols is 23. The first-order valence-corrected chi connectivity index (χ1v) is 31.1. The van der Waals surface area contributed by atoms with Gasteiger partial charge in [0, 0.05) is 28.3 Å². The Balaban J connectivity index is 0.950. The molecule has 0 aliphatic carbocycles. The molecule has 0 amide bonds. The van der Waals surface area contributed by atoms with Gasteiger partial charge in [0.15, 0.2) is 158 Å². The van der Waals surface area contributed by atoms with Gasteiger partial charge in [0.25, 0.3) is 0 Å². The molecule has 10 atom stereocenters. The second-order valence-corrected chi connectivity index (χ2v) is 24.3. The Morgan fingerprint density at radius 2 is 0.571 bits per heavy atom. The van der Waals surface area contributed by atoms with Crippen molar-refractivity contribution in [2.75, 3.05) is 13.2 Å². The number of ether oxygens (including phenoxy) is 11. The highest BCUT2D eigenvalue weighted by Gasteiger charge is 2.56. The maximum absolute atomic E-state index is 15.0. The second-order valence-electron chi connectivity index (χ2n) is 24.3. The third-order valence-corrected chi connectivity index (χ3v) is 17.4. The Bertz CT molecular complexity index is 5320. The van der Waals surface area contributed by atoms with Crippen molar-refractivity contribution in [3.05, 3.63) is 111 Å². The highest BCUT2D eigenvalue weighted by molar-refractivity contribution is 6.10. The zero-order valence-electron chi connectivity index (χ0n) is 55.0. The second kappa shape index (κ2) is 28.4. The number of fused-ring (bicyclic) bond motifs is 8. The van der Waals surface area contributed by atoms with Gasteiger partial charge in [-0.2, -0.15) is 0 Å². The SMILES string of the molecule is O=C(O[C@@H]1[C@@H](OC(=O)c2cc(O)c(O)c(O)c2Oc2c(O)cc3c(c2O)-c2c(cc(O)c(O)c2O)C(=O)O[C@H]2[C@H](OC(=O)c4cc(O)c(O)c(O)c4)[C@@H](OC(=O)c4cc(O)c(O)c(O)c4)[C@H](O)O[C@@H]2COC3=O)[C@H](O)O[C@@H]2COC(=O)c3cc(O)c(O)c(O)c3-c3c(cc(O)c(O)c3O)C(=O)O[C@@H]12)c1cc(O)c(O)c(O)c1. The maximum Gasteiger partial charge on any atom is 0.342 e. The number of hydrogen-bond acceptors (Lipinski definition) is 44. The molecule has 4 aliphatic heterocycles. The van der Waals surface area contributed by atoms with Gasteiger partial charge in [0.2, 0.25) is 34.5 Å². The minimum atomic E-state index is -2.89. The molecule has 8 aromatic carbocycles. The molecule has 0 saturated carbocycles. The first-order chi connectivity index (χ1) is 52.7. The molecular weight excluding hydrogens is 1520 g/mol. The Hall–Kier alpha value is -15.4. The fourth-order valence-corrected chi connectivity index (χ4v) is 11.9. The van der Waals surface area contributed by atoms with E-state index < -0.39 is 333 Å². The Labute approximate surface area is 616 Å². The molecule has 12 rings (SSSR count). The molecule has 2 saturated heterocycles. The molecule has 112 heavy (non-hydrogen) atoms. The van der Waals surface area contributed by atoms with Crippen molar-refractivity contribution in [3.8, 4) is 166 Å². The Kier molecular flexibility index (Phi) is 19.3. The van der Waals surface area contributed by atoms with Crippen molar-refractivity contribution in [2.45, 2.75) is 61.4 Å². The summed E-state index contributed by atoms with van der Waals surface area (Å²) in [4.78, 5) is 115. The summed E-state index contributed by atoms with van der Waals surface area (Å²) in [6.07, 6.45) is -26.1. The third kappa shape index (κ3) is 13.2. The van der Waals surface area contributed by atoms with Gasteiger partial charge in [-0.15, -0.1) is 0 Å². The number of aliphatic hydroxyl groups excluding tert-OH is 2. The lowest BCUT2D eigenvalue weighted by Gasteiger charge is -2.42. The fraction of sp³-hybridized carbons (Fsp3) is 0.176. The lowest BCUT2D eigenvalue weighted by molar-refractivity contribution is -0.284. The van der Waals surface area contributed by atoms with E-state index in [1.54, 1.807) is 0 Å². The number of esters is 8. The lowest BCUT2D eigenvalue weighted by atomic mass is 9.91. The number of carbonyl (C=O) groups is 8.